The lowest BCUT2D eigenvalue weighted by Crippen LogP contribution is -2.11. The Bertz CT molecular complexity index is 617. The standard InChI is InChI=1S/C14H12FN3/c1-18(14-5-3-2-4-12(14)15)11-7-6-10(9-16)13(17)8-11/h2-8H,17H2,1H3. The minimum Gasteiger partial charge on any atom is -0.398 e. The average Bonchev–Trinajstić information content (AvgIpc) is 2.38. The molecule has 0 amide bonds. The molecule has 3 nitrogen and oxygen atoms in total. The van der Waals surface area contributed by atoms with E-state index in [2.05, 4.69) is 0 Å². The Morgan fingerprint density at radius 2 is 1.94 bits per heavy atom. The van der Waals surface area contributed by atoms with Crippen molar-refractivity contribution in [2.45, 2.75) is 0 Å². The minimum absolute atomic E-state index is 0.303. The second-order valence-electron chi connectivity index (χ2n) is 3.89. The van der Waals surface area contributed by atoms with Crippen LogP contribution in [0.2, 0.25) is 0 Å². The third kappa shape index (κ3) is 2.11. The minimum atomic E-state index is -0.303. The van der Waals surface area contributed by atoms with Gasteiger partial charge in [-0.15, -0.1) is 0 Å². The molecular weight excluding hydrogens is 229 g/mol. The zero-order valence-corrected chi connectivity index (χ0v) is 9.89. The van der Waals surface area contributed by atoms with Gasteiger partial charge in [-0.05, 0) is 30.3 Å². The van der Waals surface area contributed by atoms with Gasteiger partial charge in [0.2, 0.25) is 0 Å². The molecule has 2 rings (SSSR count). The van der Waals surface area contributed by atoms with Crippen molar-refractivity contribution in [1.29, 1.82) is 5.26 Å². The van der Waals surface area contributed by atoms with Gasteiger partial charge in [0, 0.05) is 12.7 Å². The average molecular weight is 241 g/mol. The molecule has 2 aromatic rings. The summed E-state index contributed by atoms with van der Waals surface area (Å²) < 4.78 is 13.6. The van der Waals surface area contributed by atoms with Crippen molar-refractivity contribution < 1.29 is 4.39 Å². The largest absolute Gasteiger partial charge is 0.398 e. The van der Waals surface area contributed by atoms with Crippen molar-refractivity contribution in [1.82, 2.24) is 0 Å². The number of nitrogens with two attached hydrogens (primary N) is 1. The Kier molecular flexibility index (Phi) is 3.16. The van der Waals surface area contributed by atoms with Crippen molar-refractivity contribution in [2.75, 3.05) is 17.7 Å². The van der Waals surface area contributed by atoms with Crippen LogP contribution in [0.15, 0.2) is 42.5 Å². The summed E-state index contributed by atoms with van der Waals surface area (Å²) in [6.45, 7) is 0. The molecule has 0 atom stereocenters. The highest BCUT2D eigenvalue weighted by molar-refractivity contribution is 5.69. The molecule has 2 N–H and O–H groups in total. The molecule has 0 saturated heterocycles. The number of benzene rings is 2. The summed E-state index contributed by atoms with van der Waals surface area (Å²) in [6.07, 6.45) is 0. The van der Waals surface area contributed by atoms with Gasteiger partial charge in [-0.2, -0.15) is 5.26 Å². The van der Waals surface area contributed by atoms with Crippen molar-refractivity contribution in [3.8, 4) is 6.07 Å². The molecule has 0 unspecified atom stereocenters. The van der Waals surface area contributed by atoms with E-state index in [1.54, 1.807) is 48.3 Å². The van der Waals surface area contributed by atoms with Crippen LogP contribution in [0.5, 0.6) is 0 Å². The Morgan fingerprint density at radius 3 is 2.56 bits per heavy atom. The normalized spacial score (nSPS) is 9.83. The molecule has 90 valence electrons. The fourth-order valence-electron chi connectivity index (χ4n) is 1.72. The molecule has 4 heteroatoms. The SMILES string of the molecule is CN(c1ccc(C#N)c(N)c1)c1ccccc1F. The molecule has 0 aliphatic rings. The number of para-hydroxylation sites is 1. The van der Waals surface area contributed by atoms with Gasteiger partial charge in [0.25, 0.3) is 0 Å². The second kappa shape index (κ2) is 4.76. The molecule has 0 aliphatic heterocycles. The first-order chi connectivity index (χ1) is 8.63. The summed E-state index contributed by atoms with van der Waals surface area (Å²) in [6, 6.07) is 13.5. The molecule has 18 heavy (non-hydrogen) atoms. The zero-order chi connectivity index (χ0) is 13.1. The van der Waals surface area contributed by atoms with E-state index in [4.69, 9.17) is 11.0 Å². The summed E-state index contributed by atoms with van der Waals surface area (Å²) in [7, 11) is 1.75. The summed E-state index contributed by atoms with van der Waals surface area (Å²) in [5.74, 6) is -0.303. The van der Waals surface area contributed by atoms with Gasteiger partial charge in [0.15, 0.2) is 0 Å². The topological polar surface area (TPSA) is 53.0 Å². The monoisotopic (exact) mass is 241 g/mol. The Morgan fingerprint density at radius 1 is 1.22 bits per heavy atom. The number of halogens is 1. The number of hydrogen-bond acceptors (Lipinski definition) is 3. The highest BCUT2D eigenvalue weighted by Crippen LogP contribution is 2.28. The second-order valence-corrected chi connectivity index (χ2v) is 3.89. The first-order valence-electron chi connectivity index (χ1n) is 5.41. The van der Waals surface area contributed by atoms with Crippen LogP contribution >= 0.6 is 0 Å². The Hall–Kier alpha value is -2.54. The quantitative estimate of drug-likeness (QED) is 0.822. The number of nitrogens with zero attached hydrogens (tertiary/aromatic N) is 2. The summed E-state index contributed by atoms with van der Waals surface area (Å²) in [4.78, 5) is 1.69. The maximum absolute atomic E-state index is 13.6. The Labute approximate surface area is 105 Å². The number of nitriles is 1. The van der Waals surface area contributed by atoms with Crippen LogP contribution in [0.1, 0.15) is 5.56 Å². The molecule has 0 heterocycles. The van der Waals surface area contributed by atoms with E-state index in [0.29, 0.717) is 16.9 Å². The van der Waals surface area contributed by atoms with Crippen LogP contribution in [-0.4, -0.2) is 7.05 Å². The maximum Gasteiger partial charge on any atom is 0.146 e. The number of nitrogen functional groups attached to an aromatic ring is 1. The van der Waals surface area contributed by atoms with Crippen molar-refractivity contribution >= 4 is 17.1 Å². The first kappa shape index (κ1) is 11.9. The van der Waals surface area contributed by atoms with Gasteiger partial charge < -0.3 is 10.6 Å². The molecule has 0 bridgehead atoms. The third-order valence-corrected chi connectivity index (χ3v) is 2.76. The number of hydrogen-bond donors (Lipinski definition) is 1. The van der Waals surface area contributed by atoms with E-state index in [0.717, 1.165) is 5.69 Å². The molecule has 0 aliphatic carbocycles. The predicted molar refractivity (Wildman–Crippen MR) is 70.0 cm³/mol. The van der Waals surface area contributed by atoms with Gasteiger partial charge >= 0.3 is 0 Å². The highest BCUT2D eigenvalue weighted by atomic mass is 19.1. The molecule has 0 radical (unpaired) electrons. The molecule has 0 fully saturated rings. The highest BCUT2D eigenvalue weighted by Gasteiger charge is 2.09. The Balaban J connectivity index is 2.41. The van der Waals surface area contributed by atoms with Crippen molar-refractivity contribution in [2.24, 2.45) is 0 Å². The van der Waals surface area contributed by atoms with Crippen LogP contribution in [0, 0.1) is 17.1 Å². The van der Waals surface area contributed by atoms with E-state index in [-0.39, 0.29) is 5.82 Å². The number of rotatable bonds is 2. The van der Waals surface area contributed by atoms with Gasteiger partial charge in [-0.3, -0.25) is 0 Å². The van der Waals surface area contributed by atoms with Crippen LogP contribution < -0.4 is 10.6 Å². The fraction of sp³-hybridized carbons (Fsp3) is 0.0714. The smallest absolute Gasteiger partial charge is 0.146 e. The van der Waals surface area contributed by atoms with Gasteiger partial charge in [-0.1, -0.05) is 12.1 Å². The van der Waals surface area contributed by atoms with E-state index >= 15 is 0 Å². The molecular formula is C14H12FN3. The van der Waals surface area contributed by atoms with E-state index < -0.39 is 0 Å². The zero-order valence-electron chi connectivity index (χ0n) is 9.89. The van der Waals surface area contributed by atoms with Crippen LogP contribution in [-0.2, 0) is 0 Å². The van der Waals surface area contributed by atoms with Crippen LogP contribution in [0.4, 0.5) is 21.5 Å². The number of anilines is 3. The lowest BCUT2D eigenvalue weighted by Gasteiger charge is -2.20. The predicted octanol–water partition coefficient (Wildman–Crippen LogP) is 3.05. The van der Waals surface area contributed by atoms with E-state index in [9.17, 15) is 4.39 Å². The molecule has 2 aromatic carbocycles. The summed E-state index contributed by atoms with van der Waals surface area (Å²) in [5, 5.41) is 8.81. The lowest BCUT2D eigenvalue weighted by atomic mass is 10.1. The van der Waals surface area contributed by atoms with Crippen molar-refractivity contribution in [3.63, 3.8) is 0 Å². The first-order valence-corrected chi connectivity index (χ1v) is 5.41. The van der Waals surface area contributed by atoms with E-state index in [1.807, 2.05) is 6.07 Å². The van der Waals surface area contributed by atoms with Gasteiger partial charge in [0.1, 0.15) is 11.9 Å². The molecule has 0 saturated carbocycles. The third-order valence-electron chi connectivity index (χ3n) is 2.76. The van der Waals surface area contributed by atoms with Gasteiger partial charge in [0.05, 0.1) is 16.9 Å². The fourth-order valence-corrected chi connectivity index (χ4v) is 1.72. The maximum atomic E-state index is 13.6. The molecule has 0 spiro atoms. The van der Waals surface area contributed by atoms with E-state index in [1.165, 1.54) is 6.07 Å². The van der Waals surface area contributed by atoms with Gasteiger partial charge in [-0.25, -0.2) is 4.39 Å². The van der Waals surface area contributed by atoms with Crippen LogP contribution in [0.3, 0.4) is 0 Å². The summed E-state index contributed by atoms with van der Waals surface area (Å²) in [5.41, 5.74) is 7.74. The van der Waals surface area contributed by atoms with Crippen LogP contribution in [0.25, 0.3) is 0 Å². The van der Waals surface area contributed by atoms with Crippen molar-refractivity contribution in [3.05, 3.63) is 53.8 Å². The lowest BCUT2D eigenvalue weighted by molar-refractivity contribution is 0.627. The summed E-state index contributed by atoms with van der Waals surface area (Å²) >= 11 is 0. The molecule has 0 aromatic heterocycles.